The summed E-state index contributed by atoms with van der Waals surface area (Å²) < 4.78 is 31.6. The number of amides is 1. The van der Waals surface area contributed by atoms with Crippen LogP contribution in [0.15, 0.2) is 53.4 Å². The summed E-state index contributed by atoms with van der Waals surface area (Å²) in [5.41, 5.74) is 2.40. The SMILES string of the molecule is CCNS(=O)(=O)c1cccc(C(=O)OCC(=O)N2CCc3ccccc3C2)c1. The lowest BCUT2D eigenvalue weighted by atomic mass is 10.00. The number of nitrogens with zero attached hydrogens (tertiary/aromatic N) is 1. The first kappa shape index (κ1) is 20.0. The summed E-state index contributed by atoms with van der Waals surface area (Å²) in [7, 11) is -3.68. The number of rotatable bonds is 6. The van der Waals surface area contributed by atoms with E-state index in [0.717, 1.165) is 12.0 Å². The van der Waals surface area contributed by atoms with Crippen LogP contribution in [0.2, 0.25) is 0 Å². The highest BCUT2D eigenvalue weighted by Crippen LogP contribution is 2.18. The van der Waals surface area contributed by atoms with Crippen LogP contribution < -0.4 is 4.72 Å². The van der Waals surface area contributed by atoms with Gasteiger partial charge < -0.3 is 9.64 Å². The number of benzene rings is 2. The van der Waals surface area contributed by atoms with E-state index >= 15 is 0 Å². The van der Waals surface area contributed by atoms with Gasteiger partial charge in [0.25, 0.3) is 5.91 Å². The Morgan fingerprint density at radius 1 is 1.11 bits per heavy atom. The van der Waals surface area contributed by atoms with Crippen LogP contribution in [0.4, 0.5) is 0 Å². The summed E-state index contributed by atoms with van der Waals surface area (Å²) in [6.45, 7) is 2.59. The van der Waals surface area contributed by atoms with Crippen LogP contribution in [0, 0.1) is 0 Å². The van der Waals surface area contributed by atoms with E-state index in [-0.39, 0.29) is 29.5 Å². The number of carbonyl (C=O) groups is 2. The molecule has 1 N–H and O–H groups in total. The van der Waals surface area contributed by atoms with Gasteiger partial charge in [0.2, 0.25) is 10.0 Å². The van der Waals surface area contributed by atoms with Crippen molar-refractivity contribution in [3.63, 3.8) is 0 Å². The standard InChI is InChI=1S/C20H22N2O5S/c1-2-21-28(25,26)18-9-5-8-16(12-18)20(24)27-14-19(23)22-11-10-15-6-3-4-7-17(15)13-22/h3-9,12,21H,2,10-11,13-14H2,1H3. The van der Waals surface area contributed by atoms with Crippen molar-refractivity contribution in [2.24, 2.45) is 0 Å². The molecule has 0 radical (unpaired) electrons. The third-order valence-corrected chi connectivity index (χ3v) is 6.07. The van der Waals surface area contributed by atoms with E-state index < -0.39 is 16.0 Å². The average Bonchev–Trinajstić information content (AvgIpc) is 2.71. The van der Waals surface area contributed by atoms with Crippen molar-refractivity contribution in [2.75, 3.05) is 19.7 Å². The second-order valence-electron chi connectivity index (χ2n) is 6.44. The molecule has 3 rings (SSSR count). The lowest BCUT2D eigenvalue weighted by Gasteiger charge is -2.28. The predicted molar refractivity (Wildman–Crippen MR) is 103 cm³/mol. The van der Waals surface area contributed by atoms with Crippen LogP contribution >= 0.6 is 0 Å². The fourth-order valence-corrected chi connectivity index (χ4v) is 4.16. The molecular formula is C20H22N2O5S. The van der Waals surface area contributed by atoms with Gasteiger partial charge in [-0.1, -0.05) is 37.3 Å². The molecule has 7 nitrogen and oxygen atoms in total. The molecule has 0 atom stereocenters. The van der Waals surface area contributed by atoms with Crippen LogP contribution in [0.1, 0.15) is 28.4 Å². The van der Waals surface area contributed by atoms with Crippen LogP contribution in [0.25, 0.3) is 0 Å². The zero-order chi connectivity index (χ0) is 20.1. The molecule has 2 aromatic carbocycles. The van der Waals surface area contributed by atoms with Crippen LogP contribution in [-0.4, -0.2) is 44.9 Å². The van der Waals surface area contributed by atoms with Gasteiger partial charge in [-0.25, -0.2) is 17.9 Å². The average molecular weight is 402 g/mol. The topological polar surface area (TPSA) is 92.8 Å². The Morgan fingerprint density at radius 3 is 2.61 bits per heavy atom. The first-order chi connectivity index (χ1) is 13.4. The van der Waals surface area contributed by atoms with Gasteiger partial charge in [0.1, 0.15) is 0 Å². The summed E-state index contributed by atoms with van der Waals surface area (Å²) in [6.07, 6.45) is 0.764. The molecule has 1 heterocycles. The highest BCUT2D eigenvalue weighted by molar-refractivity contribution is 7.89. The molecule has 2 aromatic rings. The monoisotopic (exact) mass is 402 g/mol. The van der Waals surface area contributed by atoms with Crippen molar-refractivity contribution in [3.05, 3.63) is 65.2 Å². The van der Waals surface area contributed by atoms with Crippen LogP contribution in [0.5, 0.6) is 0 Å². The molecule has 0 fully saturated rings. The number of carbonyl (C=O) groups excluding carboxylic acids is 2. The van der Waals surface area contributed by atoms with Crippen LogP contribution in [-0.2, 0) is 32.5 Å². The molecule has 0 unspecified atom stereocenters. The Labute approximate surface area is 164 Å². The van der Waals surface area contributed by atoms with E-state index in [1.165, 1.54) is 29.8 Å². The Kier molecular flexibility index (Phi) is 6.11. The molecule has 1 aliphatic heterocycles. The quantitative estimate of drug-likeness (QED) is 0.743. The normalized spacial score (nSPS) is 13.7. The number of esters is 1. The Morgan fingerprint density at radius 2 is 1.86 bits per heavy atom. The Hall–Kier alpha value is -2.71. The molecule has 28 heavy (non-hydrogen) atoms. The molecule has 0 saturated carbocycles. The second-order valence-corrected chi connectivity index (χ2v) is 8.21. The number of fused-ring (bicyclic) bond motifs is 1. The molecule has 0 saturated heterocycles. The van der Waals surface area contributed by atoms with Gasteiger partial charge in [-0.05, 0) is 35.7 Å². The summed E-state index contributed by atoms with van der Waals surface area (Å²) in [4.78, 5) is 26.3. The summed E-state index contributed by atoms with van der Waals surface area (Å²) in [6, 6.07) is 13.5. The minimum Gasteiger partial charge on any atom is -0.452 e. The van der Waals surface area contributed by atoms with E-state index in [1.807, 2.05) is 24.3 Å². The van der Waals surface area contributed by atoms with Crippen molar-refractivity contribution in [3.8, 4) is 0 Å². The molecule has 0 aromatic heterocycles. The van der Waals surface area contributed by atoms with Gasteiger partial charge in [-0.2, -0.15) is 0 Å². The first-order valence-electron chi connectivity index (χ1n) is 9.02. The van der Waals surface area contributed by atoms with E-state index in [2.05, 4.69) is 4.72 Å². The molecule has 1 aliphatic rings. The summed E-state index contributed by atoms with van der Waals surface area (Å²) in [5, 5.41) is 0. The molecule has 8 heteroatoms. The van der Waals surface area contributed by atoms with Crippen LogP contribution in [0.3, 0.4) is 0 Å². The maximum Gasteiger partial charge on any atom is 0.338 e. The third kappa shape index (κ3) is 4.58. The van der Waals surface area contributed by atoms with Gasteiger partial charge in [-0.15, -0.1) is 0 Å². The zero-order valence-corrected chi connectivity index (χ0v) is 16.4. The number of nitrogens with one attached hydrogen (secondary N) is 1. The number of hydrogen-bond donors (Lipinski definition) is 1. The molecule has 0 bridgehead atoms. The van der Waals surface area contributed by atoms with Gasteiger partial charge in [0.15, 0.2) is 6.61 Å². The van der Waals surface area contributed by atoms with Crippen molar-refractivity contribution < 1.29 is 22.7 Å². The van der Waals surface area contributed by atoms with Gasteiger partial charge >= 0.3 is 5.97 Å². The summed E-state index contributed by atoms with van der Waals surface area (Å²) >= 11 is 0. The second kappa shape index (κ2) is 8.53. The molecule has 1 amide bonds. The number of ether oxygens (including phenoxy) is 1. The number of sulfonamides is 1. The fraction of sp³-hybridized carbons (Fsp3) is 0.300. The maximum absolute atomic E-state index is 12.4. The predicted octanol–water partition coefficient (Wildman–Crippen LogP) is 1.73. The largest absolute Gasteiger partial charge is 0.452 e. The first-order valence-corrected chi connectivity index (χ1v) is 10.5. The third-order valence-electron chi connectivity index (χ3n) is 4.52. The van der Waals surface area contributed by atoms with Crippen molar-refractivity contribution in [1.82, 2.24) is 9.62 Å². The van der Waals surface area contributed by atoms with E-state index in [9.17, 15) is 18.0 Å². The van der Waals surface area contributed by atoms with E-state index in [4.69, 9.17) is 4.74 Å². The highest BCUT2D eigenvalue weighted by Gasteiger charge is 2.22. The molecular weight excluding hydrogens is 380 g/mol. The lowest BCUT2D eigenvalue weighted by molar-refractivity contribution is -0.135. The summed E-state index contributed by atoms with van der Waals surface area (Å²) in [5.74, 6) is -1.02. The number of hydrogen-bond acceptors (Lipinski definition) is 5. The van der Waals surface area contributed by atoms with E-state index in [0.29, 0.717) is 13.1 Å². The molecule has 0 spiro atoms. The Balaban J connectivity index is 1.61. The molecule has 148 valence electrons. The molecule has 0 aliphatic carbocycles. The maximum atomic E-state index is 12.4. The zero-order valence-electron chi connectivity index (χ0n) is 15.6. The minimum atomic E-state index is -3.68. The van der Waals surface area contributed by atoms with Crippen molar-refractivity contribution in [1.29, 1.82) is 0 Å². The Bertz CT molecular complexity index is 988. The smallest absolute Gasteiger partial charge is 0.338 e. The fourth-order valence-electron chi connectivity index (χ4n) is 3.07. The van der Waals surface area contributed by atoms with Crippen molar-refractivity contribution in [2.45, 2.75) is 24.8 Å². The van der Waals surface area contributed by atoms with Gasteiger partial charge in [0.05, 0.1) is 10.5 Å². The highest BCUT2D eigenvalue weighted by atomic mass is 32.2. The minimum absolute atomic E-state index is 0.0252. The van der Waals surface area contributed by atoms with Crippen molar-refractivity contribution >= 4 is 21.9 Å². The lowest BCUT2D eigenvalue weighted by Crippen LogP contribution is -2.38. The van der Waals surface area contributed by atoms with E-state index in [1.54, 1.807) is 11.8 Å². The van der Waals surface area contributed by atoms with Gasteiger partial charge in [-0.3, -0.25) is 4.79 Å². The van der Waals surface area contributed by atoms with Gasteiger partial charge in [0, 0.05) is 19.6 Å².